The third-order valence-corrected chi connectivity index (χ3v) is 6.43. The van der Waals surface area contributed by atoms with Crippen LogP contribution in [-0.4, -0.2) is 52.6 Å². The molecule has 33 heavy (non-hydrogen) atoms. The second-order valence-electron chi connectivity index (χ2n) is 7.19. The van der Waals surface area contributed by atoms with Gasteiger partial charge in [-0.05, 0) is 68.6 Å². The van der Waals surface area contributed by atoms with Crippen LogP contribution in [-0.2, 0) is 4.74 Å². The van der Waals surface area contributed by atoms with Crippen molar-refractivity contribution >= 4 is 77.5 Å². The Morgan fingerprint density at radius 2 is 1.79 bits per heavy atom. The van der Waals surface area contributed by atoms with Crippen LogP contribution in [0.15, 0.2) is 48.9 Å². The van der Waals surface area contributed by atoms with Crippen LogP contribution < -0.4 is 15.6 Å². The van der Waals surface area contributed by atoms with E-state index in [1.54, 1.807) is 12.1 Å². The molecule has 1 aliphatic rings. The highest BCUT2D eigenvalue weighted by Gasteiger charge is 2.17. The number of aryl methyl sites for hydroxylation is 1. The Bertz CT molecular complexity index is 1190. The summed E-state index contributed by atoms with van der Waals surface area (Å²) in [5, 5.41) is 17.7. The summed E-state index contributed by atoms with van der Waals surface area (Å²) < 4.78 is 7.71. The van der Waals surface area contributed by atoms with Crippen LogP contribution in [0.3, 0.4) is 0 Å². The van der Waals surface area contributed by atoms with Crippen molar-refractivity contribution in [1.82, 2.24) is 15.0 Å². The van der Waals surface area contributed by atoms with Crippen LogP contribution in [0.2, 0.25) is 0 Å². The van der Waals surface area contributed by atoms with E-state index in [0.717, 1.165) is 20.2 Å². The van der Waals surface area contributed by atoms with E-state index in [4.69, 9.17) is 4.74 Å². The Morgan fingerprint density at radius 1 is 1.03 bits per heavy atom. The van der Waals surface area contributed by atoms with Crippen molar-refractivity contribution < 1.29 is 9.84 Å². The number of hydrazone groups is 1. The quantitative estimate of drug-likeness (QED) is 0.249. The lowest BCUT2D eigenvalue weighted by atomic mass is 10.2. The molecule has 3 aromatic rings. The number of aromatic hydroxyl groups is 1. The second-order valence-corrected chi connectivity index (χ2v) is 9.81. The van der Waals surface area contributed by atoms with Crippen molar-refractivity contribution in [2.45, 2.75) is 6.92 Å². The zero-order chi connectivity index (χ0) is 23.4. The van der Waals surface area contributed by atoms with Crippen molar-refractivity contribution in [2.24, 2.45) is 5.10 Å². The van der Waals surface area contributed by atoms with E-state index in [1.807, 2.05) is 30.0 Å². The molecule has 0 amide bonds. The number of aromatic nitrogens is 3. The Kier molecular flexibility index (Phi) is 7.78. The largest absolute Gasteiger partial charge is 0.506 e. The molecule has 0 spiro atoms. The van der Waals surface area contributed by atoms with Gasteiger partial charge in [0.05, 0.1) is 29.6 Å². The molecule has 3 N–H and O–H groups in total. The van der Waals surface area contributed by atoms with Gasteiger partial charge < -0.3 is 20.1 Å². The van der Waals surface area contributed by atoms with E-state index >= 15 is 0 Å². The summed E-state index contributed by atoms with van der Waals surface area (Å²) in [6.45, 7) is 4.60. The molecule has 0 unspecified atom stereocenters. The summed E-state index contributed by atoms with van der Waals surface area (Å²) >= 11 is 10.3. The van der Waals surface area contributed by atoms with E-state index < -0.39 is 0 Å². The third-order valence-electron chi connectivity index (χ3n) is 4.71. The molecule has 9 nitrogen and oxygen atoms in total. The first-order valence-electron chi connectivity index (χ1n) is 9.98. The molecular weight excluding hydrogens is 622 g/mol. The minimum absolute atomic E-state index is 0.0833. The fourth-order valence-electron chi connectivity index (χ4n) is 3.06. The van der Waals surface area contributed by atoms with Gasteiger partial charge in [-0.3, -0.25) is 0 Å². The highest BCUT2D eigenvalue weighted by Crippen LogP contribution is 2.31. The normalized spacial score (nSPS) is 14.0. The van der Waals surface area contributed by atoms with Gasteiger partial charge in [0.1, 0.15) is 5.75 Å². The molecule has 2 heterocycles. The molecule has 1 fully saturated rings. The zero-order valence-corrected chi connectivity index (χ0v) is 22.3. The van der Waals surface area contributed by atoms with Gasteiger partial charge in [-0.1, -0.05) is 22.0 Å². The van der Waals surface area contributed by atoms with E-state index in [-0.39, 0.29) is 11.7 Å². The molecule has 4 rings (SSSR count). The summed E-state index contributed by atoms with van der Waals surface area (Å²) in [6, 6.07) is 9.47. The van der Waals surface area contributed by atoms with Crippen LogP contribution in [0, 0.1) is 6.92 Å². The van der Waals surface area contributed by atoms with Crippen molar-refractivity contribution in [1.29, 1.82) is 0 Å². The van der Waals surface area contributed by atoms with Gasteiger partial charge in [-0.2, -0.15) is 20.1 Å². The average Bonchev–Trinajstić information content (AvgIpc) is 2.79. The number of morpholine rings is 1. The number of ether oxygens (including phenoxy) is 1. The summed E-state index contributed by atoms with van der Waals surface area (Å²) in [5.41, 5.74) is 5.33. The molecule has 0 aliphatic carbocycles. The number of hydrogen-bond acceptors (Lipinski definition) is 9. The third kappa shape index (κ3) is 6.19. The number of halogens is 3. The molecule has 0 saturated carbocycles. The summed E-state index contributed by atoms with van der Waals surface area (Å²) in [5.74, 6) is 1.24. The summed E-state index contributed by atoms with van der Waals surface area (Å²) in [7, 11) is 0. The minimum atomic E-state index is 0.0833. The van der Waals surface area contributed by atoms with Gasteiger partial charge in [0.25, 0.3) is 0 Å². The van der Waals surface area contributed by atoms with Crippen molar-refractivity contribution in [3.8, 4) is 5.75 Å². The number of nitrogens with one attached hydrogen (secondary N) is 2. The number of benzene rings is 2. The average molecular weight is 642 g/mol. The number of hydrogen-bond donors (Lipinski definition) is 3. The van der Waals surface area contributed by atoms with Crippen LogP contribution in [0.25, 0.3) is 0 Å². The maximum Gasteiger partial charge on any atom is 0.250 e. The smallest absolute Gasteiger partial charge is 0.250 e. The standard InChI is InChI=1S/C21H20Br3N7O2/c1-12-2-3-17(15(23)8-12)26-19-27-20(29-21(28-19)31-4-6-33-7-5-31)30-25-11-13-9-14(22)10-16(24)18(13)32/h2-3,8-11,32H,4-7H2,1H3,(H2,26,27,28,29,30). The Morgan fingerprint density at radius 3 is 2.55 bits per heavy atom. The second kappa shape index (κ2) is 10.8. The number of rotatable bonds is 6. The topological polar surface area (TPSA) is 108 Å². The lowest BCUT2D eigenvalue weighted by Gasteiger charge is -2.27. The molecule has 1 aliphatic heterocycles. The fraction of sp³-hybridized carbons (Fsp3) is 0.238. The summed E-state index contributed by atoms with van der Waals surface area (Å²) in [4.78, 5) is 15.6. The molecule has 0 radical (unpaired) electrons. The number of anilines is 4. The summed E-state index contributed by atoms with van der Waals surface area (Å²) in [6.07, 6.45) is 1.49. The Balaban J connectivity index is 1.61. The maximum atomic E-state index is 10.2. The predicted molar refractivity (Wildman–Crippen MR) is 140 cm³/mol. The number of nitrogens with zero attached hydrogens (tertiary/aromatic N) is 5. The van der Waals surface area contributed by atoms with Crippen LogP contribution >= 0.6 is 47.8 Å². The van der Waals surface area contributed by atoms with Crippen LogP contribution in [0.5, 0.6) is 5.75 Å². The van der Waals surface area contributed by atoms with Gasteiger partial charge in [0.2, 0.25) is 17.8 Å². The van der Waals surface area contributed by atoms with Gasteiger partial charge >= 0.3 is 0 Å². The molecule has 0 atom stereocenters. The van der Waals surface area contributed by atoms with Gasteiger partial charge in [-0.15, -0.1) is 0 Å². The number of phenols is 1. The van der Waals surface area contributed by atoms with Crippen LogP contribution in [0.4, 0.5) is 23.5 Å². The fourth-order valence-corrected chi connectivity index (χ4v) is 4.91. The monoisotopic (exact) mass is 639 g/mol. The molecule has 12 heteroatoms. The zero-order valence-electron chi connectivity index (χ0n) is 17.5. The molecule has 0 bridgehead atoms. The first kappa shape index (κ1) is 23.9. The van der Waals surface area contributed by atoms with E-state index in [2.05, 4.69) is 78.6 Å². The Labute approximate surface area is 216 Å². The van der Waals surface area contributed by atoms with E-state index in [9.17, 15) is 5.11 Å². The van der Waals surface area contributed by atoms with Gasteiger partial charge in [0, 0.05) is 27.6 Å². The molecular formula is C21H20Br3N7O2. The van der Waals surface area contributed by atoms with Crippen molar-refractivity contribution in [2.75, 3.05) is 41.9 Å². The van der Waals surface area contributed by atoms with E-state index in [1.165, 1.54) is 6.21 Å². The highest BCUT2D eigenvalue weighted by atomic mass is 79.9. The minimum Gasteiger partial charge on any atom is -0.506 e. The molecule has 2 aromatic carbocycles. The molecule has 1 aromatic heterocycles. The molecule has 1 saturated heterocycles. The van der Waals surface area contributed by atoms with E-state index in [0.29, 0.717) is 48.2 Å². The van der Waals surface area contributed by atoms with Crippen molar-refractivity contribution in [3.05, 3.63) is 54.9 Å². The lowest BCUT2D eigenvalue weighted by Crippen LogP contribution is -2.37. The SMILES string of the molecule is Cc1ccc(Nc2nc(NN=Cc3cc(Br)cc(Br)c3O)nc(N3CCOCC3)n2)c(Br)c1. The van der Waals surface area contributed by atoms with Crippen molar-refractivity contribution in [3.63, 3.8) is 0 Å². The van der Waals surface area contributed by atoms with Gasteiger partial charge in [0.15, 0.2) is 0 Å². The first-order valence-corrected chi connectivity index (χ1v) is 12.4. The predicted octanol–water partition coefficient (Wildman–Crippen LogP) is 5.20. The highest BCUT2D eigenvalue weighted by molar-refractivity contribution is 9.11. The van der Waals surface area contributed by atoms with Gasteiger partial charge in [-0.25, -0.2) is 5.43 Å². The first-order chi connectivity index (χ1) is 15.9. The molecule has 172 valence electrons. The Hall–Kier alpha value is -2.28. The maximum absolute atomic E-state index is 10.2. The number of phenolic OH excluding ortho intramolecular Hbond substituents is 1. The van der Waals surface area contributed by atoms with Crippen LogP contribution in [0.1, 0.15) is 11.1 Å². The lowest BCUT2D eigenvalue weighted by molar-refractivity contribution is 0.122.